The van der Waals surface area contributed by atoms with Crippen LogP contribution in [-0.4, -0.2) is 63.4 Å². The van der Waals surface area contributed by atoms with E-state index < -0.39 is 10.2 Å². The molecule has 0 aliphatic carbocycles. The number of hydrogen-bond acceptors (Lipinski definition) is 5. The van der Waals surface area contributed by atoms with E-state index in [4.69, 9.17) is 4.74 Å². The van der Waals surface area contributed by atoms with E-state index in [2.05, 4.69) is 12.2 Å². The number of ether oxygens (including phenoxy) is 1. The summed E-state index contributed by atoms with van der Waals surface area (Å²) in [4.78, 5) is 12.6. The second kappa shape index (κ2) is 12.4. The van der Waals surface area contributed by atoms with Crippen LogP contribution >= 0.6 is 11.8 Å². The van der Waals surface area contributed by atoms with E-state index in [1.807, 2.05) is 18.7 Å². The van der Waals surface area contributed by atoms with Crippen molar-refractivity contribution in [2.45, 2.75) is 39.5 Å². The van der Waals surface area contributed by atoms with Crippen LogP contribution in [0.2, 0.25) is 0 Å². The maximum Gasteiger partial charge on any atom is 0.304 e. The molecular weight excluding hydrogens is 422 g/mol. The lowest BCUT2D eigenvalue weighted by Gasteiger charge is -2.35. The fourth-order valence-electron chi connectivity index (χ4n) is 3.51. The highest BCUT2D eigenvalue weighted by Crippen LogP contribution is 2.26. The monoisotopic (exact) mass is 457 g/mol. The number of carbonyl (C=O) groups excluding carboxylic acids is 1. The Balaban J connectivity index is 1.96. The van der Waals surface area contributed by atoms with E-state index in [1.165, 1.54) is 8.61 Å². The van der Waals surface area contributed by atoms with Crippen molar-refractivity contribution in [3.63, 3.8) is 0 Å². The van der Waals surface area contributed by atoms with Crippen LogP contribution in [0.3, 0.4) is 0 Å². The Morgan fingerprint density at radius 1 is 1.27 bits per heavy atom. The quantitative estimate of drug-likeness (QED) is 0.488. The molecule has 7 nitrogen and oxygen atoms in total. The van der Waals surface area contributed by atoms with Gasteiger partial charge in [-0.05, 0) is 68.4 Å². The van der Waals surface area contributed by atoms with E-state index in [1.54, 1.807) is 31.4 Å². The first kappa shape index (κ1) is 24.8. The minimum Gasteiger partial charge on any atom is -0.497 e. The van der Waals surface area contributed by atoms with Gasteiger partial charge in [0.15, 0.2) is 0 Å². The summed E-state index contributed by atoms with van der Waals surface area (Å²) in [7, 11) is -2.13. The second-order valence-electron chi connectivity index (χ2n) is 7.32. The van der Waals surface area contributed by atoms with Gasteiger partial charge in [0.05, 0.1) is 18.7 Å². The standard InChI is InChI=1S/C21H35N3O4S2/c1-4-15-29-16-7-13-22-21(25)18-8-6-14-23(17-18)30(26,27)24(5-2)19-9-11-20(28-3)12-10-19/h9-12,18H,4-8,13-17H2,1-3H3,(H,22,25)/t18-/m1/s1. The van der Waals surface area contributed by atoms with Gasteiger partial charge in [0.1, 0.15) is 5.75 Å². The number of hydrogen-bond donors (Lipinski definition) is 1. The third-order valence-corrected chi connectivity index (χ3v) is 8.40. The largest absolute Gasteiger partial charge is 0.497 e. The molecule has 30 heavy (non-hydrogen) atoms. The maximum atomic E-state index is 13.3. The molecule has 9 heteroatoms. The second-order valence-corrected chi connectivity index (χ2v) is 10.4. The SMILES string of the molecule is CCCSCCCNC(=O)[C@@H]1CCCN(S(=O)(=O)N(CC)c2ccc(OC)cc2)C1. The Bertz CT molecular complexity index is 756. The van der Waals surface area contributed by atoms with Crippen molar-refractivity contribution in [3.8, 4) is 5.75 Å². The van der Waals surface area contributed by atoms with Gasteiger partial charge in [-0.2, -0.15) is 24.5 Å². The lowest BCUT2D eigenvalue weighted by Crippen LogP contribution is -2.50. The number of piperidine rings is 1. The molecule has 1 fully saturated rings. The number of carbonyl (C=O) groups is 1. The highest BCUT2D eigenvalue weighted by molar-refractivity contribution is 7.99. The normalized spacial score (nSPS) is 17.5. The molecule has 1 amide bonds. The molecule has 0 radical (unpaired) electrons. The van der Waals surface area contributed by atoms with Crippen LogP contribution in [0.4, 0.5) is 5.69 Å². The van der Waals surface area contributed by atoms with Crippen LogP contribution in [0.5, 0.6) is 5.75 Å². The van der Waals surface area contributed by atoms with Crippen molar-refractivity contribution < 1.29 is 17.9 Å². The zero-order valence-electron chi connectivity index (χ0n) is 18.3. The summed E-state index contributed by atoms with van der Waals surface area (Å²) in [5, 5.41) is 2.99. The average Bonchev–Trinajstić information content (AvgIpc) is 2.77. The molecule has 1 aromatic carbocycles. The van der Waals surface area contributed by atoms with Crippen molar-refractivity contribution >= 4 is 33.6 Å². The van der Waals surface area contributed by atoms with Crippen LogP contribution in [0.25, 0.3) is 0 Å². The lowest BCUT2D eigenvalue weighted by atomic mass is 9.99. The Kier molecular flexibility index (Phi) is 10.3. The predicted molar refractivity (Wildman–Crippen MR) is 124 cm³/mol. The molecule has 170 valence electrons. The number of amides is 1. The molecule has 1 aliphatic heterocycles. The summed E-state index contributed by atoms with van der Waals surface area (Å²) < 4.78 is 34.6. The van der Waals surface area contributed by atoms with Crippen LogP contribution in [0, 0.1) is 5.92 Å². The van der Waals surface area contributed by atoms with Crippen molar-refractivity contribution in [3.05, 3.63) is 24.3 Å². The molecule has 0 saturated carbocycles. The number of rotatable bonds is 12. The maximum absolute atomic E-state index is 13.3. The summed E-state index contributed by atoms with van der Waals surface area (Å²) in [6.07, 6.45) is 3.50. The van der Waals surface area contributed by atoms with Gasteiger partial charge in [0.2, 0.25) is 5.91 Å². The van der Waals surface area contributed by atoms with E-state index in [0.29, 0.717) is 37.5 Å². The van der Waals surface area contributed by atoms with E-state index >= 15 is 0 Å². The topological polar surface area (TPSA) is 79.0 Å². The fraction of sp³-hybridized carbons (Fsp3) is 0.667. The number of benzene rings is 1. The van der Waals surface area contributed by atoms with Gasteiger partial charge >= 0.3 is 10.2 Å². The smallest absolute Gasteiger partial charge is 0.304 e. The van der Waals surface area contributed by atoms with Crippen molar-refractivity contribution in [2.24, 2.45) is 5.92 Å². The highest BCUT2D eigenvalue weighted by Gasteiger charge is 2.35. The van der Waals surface area contributed by atoms with E-state index in [9.17, 15) is 13.2 Å². The molecule has 1 atom stereocenters. The summed E-state index contributed by atoms with van der Waals surface area (Å²) >= 11 is 1.90. The molecule has 0 spiro atoms. The van der Waals surface area contributed by atoms with Crippen molar-refractivity contribution in [1.82, 2.24) is 9.62 Å². The lowest BCUT2D eigenvalue weighted by molar-refractivity contribution is -0.126. The molecule has 1 aliphatic rings. The minimum absolute atomic E-state index is 0.0390. The number of anilines is 1. The van der Waals surface area contributed by atoms with Crippen LogP contribution in [-0.2, 0) is 15.0 Å². The first-order chi connectivity index (χ1) is 14.4. The Labute approximate surface area is 185 Å². The molecule has 1 saturated heterocycles. The Hall–Kier alpha value is -1.45. The van der Waals surface area contributed by atoms with Gasteiger partial charge < -0.3 is 10.1 Å². The van der Waals surface area contributed by atoms with Crippen LogP contribution in [0.15, 0.2) is 24.3 Å². The average molecular weight is 458 g/mol. The van der Waals surface area contributed by atoms with Crippen molar-refractivity contribution in [1.29, 1.82) is 0 Å². The number of nitrogens with zero attached hydrogens (tertiary/aromatic N) is 2. The molecule has 0 aromatic heterocycles. The Morgan fingerprint density at radius 2 is 2.00 bits per heavy atom. The molecule has 1 heterocycles. The van der Waals surface area contributed by atoms with E-state index in [-0.39, 0.29) is 18.4 Å². The molecule has 1 N–H and O–H groups in total. The van der Waals surface area contributed by atoms with Crippen LogP contribution in [0.1, 0.15) is 39.5 Å². The predicted octanol–water partition coefficient (Wildman–Crippen LogP) is 3.13. The highest BCUT2D eigenvalue weighted by atomic mass is 32.2. The number of nitrogens with one attached hydrogen (secondary N) is 1. The third kappa shape index (κ3) is 6.78. The molecular formula is C21H35N3O4S2. The molecule has 0 bridgehead atoms. The fourth-order valence-corrected chi connectivity index (χ4v) is 6.07. The van der Waals surface area contributed by atoms with Gasteiger partial charge in [-0.3, -0.25) is 9.10 Å². The molecule has 2 rings (SSSR count). The van der Waals surface area contributed by atoms with Crippen LogP contribution < -0.4 is 14.4 Å². The summed E-state index contributed by atoms with van der Waals surface area (Å²) in [6.45, 7) is 5.60. The van der Waals surface area contributed by atoms with Crippen molar-refractivity contribution in [2.75, 3.05) is 49.1 Å². The number of methoxy groups -OCH3 is 1. The zero-order chi connectivity index (χ0) is 22.0. The summed E-state index contributed by atoms with van der Waals surface area (Å²) in [5.74, 6) is 2.52. The third-order valence-electron chi connectivity index (χ3n) is 5.12. The Morgan fingerprint density at radius 3 is 2.63 bits per heavy atom. The van der Waals surface area contributed by atoms with Gasteiger partial charge in [-0.1, -0.05) is 6.92 Å². The zero-order valence-corrected chi connectivity index (χ0v) is 19.9. The van der Waals surface area contributed by atoms with Gasteiger partial charge in [0, 0.05) is 26.2 Å². The summed E-state index contributed by atoms with van der Waals surface area (Å²) in [5.41, 5.74) is 0.592. The number of thioether (sulfide) groups is 1. The first-order valence-electron chi connectivity index (χ1n) is 10.7. The minimum atomic E-state index is -3.71. The molecule has 0 unspecified atom stereocenters. The van der Waals surface area contributed by atoms with E-state index in [0.717, 1.165) is 30.8 Å². The van der Waals surface area contributed by atoms with Gasteiger partial charge in [-0.15, -0.1) is 0 Å². The van der Waals surface area contributed by atoms with Gasteiger partial charge in [-0.25, -0.2) is 0 Å². The van der Waals surface area contributed by atoms with Gasteiger partial charge in [0.25, 0.3) is 0 Å². The first-order valence-corrected chi connectivity index (χ1v) is 13.3. The molecule has 1 aromatic rings. The summed E-state index contributed by atoms with van der Waals surface area (Å²) in [6, 6.07) is 6.98.